The smallest absolute Gasteiger partial charge is 0.273 e. The maximum Gasteiger partial charge on any atom is 0.273 e. The molecular formula is C26H21N3O6. The standard InChI is InChI=1S/C26H21N3O6/c30-21(14-4-2-1-3-5-14)13-27(24(31)15-6-8-16(9-7-15)29(34)35)28-25(32)22-17-10-11-18(20-12-19(17)20)23(22)26(28)33/h1-11,17-20,22-23H,12-13H2/t17-,18-,19-,20+,22+,23+/m0/s1. The molecule has 4 aliphatic carbocycles. The van der Waals surface area contributed by atoms with Crippen LogP contribution in [0.4, 0.5) is 5.69 Å². The van der Waals surface area contributed by atoms with Gasteiger partial charge in [-0.1, -0.05) is 42.5 Å². The van der Waals surface area contributed by atoms with Crippen molar-refractivity contribution >= 4 is 29.2 Å². The quantitative estimate of drug-likeness (QED) is 0.210. The average Bonchev–Trinajstić information content (AvgIpc) is 3.66. The van der Waals surface area contributed by atoms with Crippen molar-refractivity contribution in [1.29, 1.82) is 0 Å². The van der Waals surface area contributed by atoms with E-state index in [-0.39, 0.29) is 23.1 Å². The average molecular weight is 471 g/mol. The molecule has 2 aromatic rings. The zero-order chi connectivity index (χ0) is 24.4. The third-order valence-corrected chi connectivity index (χ3v) is 7.83. The van der Waals surface area contributed by atoms with Gasteiger partial charge in [-0.3, -0.25) is 29.3 Å². The maximum absolute atomic E-state index is 13.6. The summed E-state index contributed by atoms with van der Waals surface area (Å²) in [5.41, 5.74) is 0.180. The van der Waals surface area contributed by atoms with Gasteiger partial charge in [0.15, 0.2) is 5.78 Å². The minimum absolute atomic E-state index is 0.0300. The first kappa shape index (κ1) is 21.4. The SMILES string of the molecule is O=C(CN(C(=O)c1ccc([N+](=O)[O-])cc1)N1C(=O)[C@@H]2[C@H]3C=C[C@@H]([C@@H]4C[C@H]34)[C@H]2C1=O)c1ccccc1. The van der Waals surface area contributed by atoms with Crippen molar-refractivity contribution in [2.45, 2.75) is 6.42 Å². The van der Waals surface area contributed by atoms with Crippen LogP contribution in [0.2, 0.25) is 0 Å². The highest BCUT2D eigenvalue weighted by molar-refractivity contribution is 6.10. The second-order valence-corrected chi connectivity index (χ2v) is 9.60. The van der Waals surface area contributed by atoms with Crippen molar-refractivity contribution in [2.24, 2.45) is 35.5 Å². The number of non-ortho nitro benzene ring substituents is 1. The number of rotatable bonds is 6. The minimum atomic E-state index is -0.741. The number of hydrogen-bond donors (Lipinski definition) is 0. The number of carbonyl (C=O) groups is 4. The van der Waals surface area contributed by atoms with Crippen molar-refractivity contribution in [1.82, 2.24) is 10.0 Å². The van der Waals surface area contributed by atoms with Crippen LogP contribution in [-0.4, -0.2) is 45.0 Å². The second-order valence-electron chi connectivity index (χ2n) is 9.60. The Morgan fingerprint density at radius 1 is 0.886 bits per heavy atom. The third-order valence-electron chi connectivity index (χ3n) is 7.83. The molecule has 1 aliphatic heterocycles. The van der Waals surface area contributed by atoms with Gasteiger partial charge in [0.2, 0.25) is 0 Å². The number of benzene rings is 2. The number of nitro benzene ring substituents is 1. The summed E-state index contributed by atoms with van der Waals surface area (Å²) in [7, 11) is 0. The number of imide groups is 1. The van der Waals surface area contributed by atoms with Crippen LogP contribution in [0.5, 0.6) is 0 Å². The van der Waals surface area contributed by atoms with Gasteiger partial charge in [0.25, 0.3) is 23.4 Å². The number of allylic oxidation sites excluding steroid dienone is 2. The normalized spacial score (nSPS) is 29.5. The van der Waals surface area contributed by atoms with E-state index < -0.39 is 46.8 Å². The van der Waals surface area contributed by atoms with Gasteiger partial charge in [-0.15, -0.1) is 0 Å². The van der Waals surface area contributed by atoms with Crippen LogP contribution in [0, 0.1) is 45.6 Å². The van der Waals surface area contributed by atoms with Crippen molar-refractivity contribution in [2.75, 3.05) is 6.54 Å². The van der Waals surface area contributed by atoms with Gasteiger partial charge < -0.3 is 0 Å². The van der Waals surface area contributed by atoms with E-state index in [4.69, 9.17) is 0 Å². The van der Waals surface area contributed by atoms with Crippen LogP contribution in [-0.2, 0) is 9.59 Å². The number of carbonyl (C=O) groups excluding carboxylic acids is 4. The Balaban J connectivity index is 1.36. The minimum Gasteiger partial charge on any atom is -0.292 e. The lowest BCUT2D eigenvalue weighted by atomic mass is 9.63. The molecule has 0 unspecified atom stereocenters. The Hall–Kier alpha value is -4.14. The molecule has 2 aromatic carbocycles. The summed E-state index contributed by atoms with van der Waals surface area (Å²) in [6, 6.07) is 13.2. The first-order valence-electron chi connectivity index (χ1n) is 11.6. The summed E-state index contributed by atoms with van der Waals surface area (Å²) in [6.45, 7) is -0.508. The van der Waals surface area contributed by atoms with Crippen LogP contribution < -0.4 is 0 Å². The molecule has 35 heavy (non-hydrogen) atoms. The molecule has 9 heteroatoms. The van der Waals surface area contributed by atoms with E-state index in [9.17, 15) is 29.3 Å². The highest BCUT2D eigenvalue weighted by Crippen LogP contribution is 2.65. The van der Waals surface area contributed by atoms with Gasteiger partial charge in [-0.05, 0) is 42.2 Å². The monoisotopic (exact) mass is 471 g/mol. The predicted molar refractivity (Wildman–Crippen MR) is 121 cm³/mol. The number of amides is 3. The zero-order valence-corrected chi connectivity index (χ0v) is 18.5. The predicted octanol–water partition coefficient (Wildman–Crippen LogP) is 2.89. The van der Waals surface area contributed by atoms with E-state index in [1.165, 1.54) is 24.3 Å². The van der Waals surface area contributed by atoms with E-state index in [0.29, 0.717) is 17.4 Å². The first-order valence-corrected chi connectivity index (χ1v) is 11.6. The van der Waals surface area contributed by atoms with E-state index in [2.05, 4.69) is 0 Å². The number of hydrazine groups is 1. The number of nitro groups is 1. The molecule has 2 bridgehead atoms. The van der Waals surface area contributed by atoms with Crippen LogP contribution in [0.1, 0.15) is 27.1 Å². The number of nitrogens with zero attached hydrogens (tertiary/aromatic N) is 3. The van der Waals surface area contributed by atoms with Gasteiger partial charge in [-0.25, -0.2) is 5.01 Å². The van der Waals surface area contributed by atoms with Crippen LogP contribution in [0.15, 0.2) is 66.7 Å². The summed E-state index contributed by atoms with van der Waals surface area (Å²) >= 11 is 0. The maximum atomic E-state index is 13.6. The highest BCUT2D eigenvalue weighted by atomic mass is 16.6. The topological polar surface area (TPSA) is 118 Å². The van der Waals surface area contributed by atoms with Crippen LogP contribution in [0.25, 0.3) is 0 Å². The Bertz CT molecular complexity index is 1270. The molecule has 3 fully saturated rings. The Kier molecular flexibility index (Phi) is 4.70. The van der Waals surface area contributed by atoms with Crippen LogP contribution in [0.3, 0.4) is 0 Å². The molecule has 176 valence electrons. The number of ketones is 1. The van der Waals surface area contributed by atoms with E-state index in [0.717, 1.165) is 16.4 Å². The second kappa shape index (κ2) is 7.69. The highest BCUT2D eigenvalue weighted by Gasteiger charge is 2.68. The fraction of sp³-hybridized carbons (Fsp3) is 0.308. The molecule has 1 saturated heterocycles. The van der Waals surface area contributed by atoms with E-state index in [1.54, 1.807) is 30.3 Å². The summed E-state index contributed by atoms with van der Waals surface area (Å²) in [5, 5.41) is 12.8. The summed E-state index contributed by atoms with van der Waals surface area (Å²) < 4.78 is 0. The Morgan fingerprint density at radius 3 is 2.00 bits per heavy atom. The number of Topliss-reactive ketones (excluding diaryl/α,β-unsaturated/α-hetero) is 1. The molecule has 2 saturated carbocycles. The van der Waals surface area contributed by atoms with Gasteiger partial charge in [0.05, 0.1) is 16.8 Å². The van der Waals surface area contributed by atoms with Crippen molar-refractivity contribution in [3.8, 4) is 0 Å². The Labute approximate surface area is 200 Å². The van der Waals surface area contributed by atoms with Gasteiger partial charge >= 0.3 is 0 Å². The van der Waals surface area contributed by atoms with Crippen molar-refractivity contribution in [3.63, 3.8) is 0 Å². The van der Waals surface area contributed by atoms with Gasteiger partial charge in [0, 0.05) is 23.3 Å². The molecule has 0 spiro atoms. The van der Waals surface area contributed by atoms with Gasteiger partial charge in [0.1, 0.15) is 6.54 Å². The molecule has 3 amide bonds. The zero-order valence-electron chi connectivity index (χ0n) is 18.5. The fourth-order valence-electron chi connectivity index (χ4n) is 6.14. The lowest BCUT2D eigenvalue weighted by Crippen LogP contribution is -2.52. The molecular weight excluding hydrogens is 450 g/mol. The molecule has 0 N–H and O–H groups in total. The van der Waals surface area contributed by atoms with E-state index in [1.807, 2.05) is 12.2 Å². The molecule has 6 atom stereocenters. The lowest BCUT2D eigenvalue weighted by molar-refractivity contribution is -0.384. The molecule has 0 aromatic heterocycles. The van der Waals surface area contributed by atoms with Gasteiger partial charge in [-0.2, -0.15) is 5.01 Å². The first-order chi connectivity index (χ1) is 16.9. The molecule has 1 heterocycles. The number of hydrogen-bond acceptors (Lipinski definition) is 6. The third kappa shape index (κ3) is 3.22. The van der Waals surface area contributed by atoms with Crippen molar-refractivity contribution in [3.05, 3.63) is 88.0 Å². The Morgan fingerprint density at radius 2 is 1.46 bits per heavy atom. The van der Waals surface area contributed by atoms with Crippen molar-refractivity contribution < 1.29 is 24.1 Å². The lowest BCUT2D eigenvalue weighted by Gasteiger charge is -2.37. The molecule has 9 nitrogen and oxygen atoms in total. The summed E-state index contributed by atoms with van der Waals surface area (Å²) in [4.78, 5) is 64.3. The molecule has 5 aliphatic rings. The molecule has 0 radical (unpaired) electrons. The largest absolute Gasteiger partial charge is 0.292 e. The molecule has 7 rings (SSSR count). The van der Waals surface area contributed by atoms with E-state index >= 15 is 0 Å². The summed E-state index contributed by atoms with van der Waals surface area (Å²) in [5.74, 6) is -2.41. The fourth-order valence-corrected chi connectivity index (χ4v) is 6.14. The summed E-state index contributed by atoms with van der Waals surface area (Å²) in [6.07, 6.45) is 5.08. The van der Waals surface area contributed by atoms with Crippen LogP contribution >= 0.6 is 0 Å².